The van der Waals surface area contributed by atoms with Crippen LogP contribution in [0.3, 0.4) is 0 Å². The molecule has 2 heterocycles. The Morgan fingerprint density at radius 3 is 2.89 bits per heavy atom. The minimum atomic E-state index is 0.613. The fourth-order valence-corrected chi connectivity index (χ4v) is 3.08. The van der Waals surface area contributed by atoms with E-state index in [1.54, 1.807) is 0 Å². The average molecular weight is 245 g/mol. The first-order chi connectivity index (χ1) is 8.83. The first kappa shape index (κ1) is 12.0. The molecule has 98 valence electrons. The molecule has 0 spiro atoms. The highest BCUT2D eigenvalue weighted by atomic mass is 15.2. The third kappa shape index (κ3) is 2.51. The van der Waals surface area contributed by atoms with Crippen molar-refractivity contribution >= 4 is 5.82 Å². The average Bonchev–Trinajstić information content (AvgIpc) is 3.05. The largest absolute Gasteiger partial charge is 0.369 e. The SMILES string of the molecule is CC(CNc1ccc2c(n1)CCC2)N1CCCC1. The molecule has 1 N–H and O–H groups in total. The molecule has 0 radical (unpaired) electrons. The molecular formula is C15H23N3. The molecule has 1 saturated heterocycles. The van der Waals surface area contributed by atoms with E-state index >= 15 is 0 Å². The number of likely N-dealkylation sites (tertiary alicyclic amines) is 1. The molecule has 1 aromatic rings. The van der Waals surface area contributed by atoms with E-state index in [0.29, 0.717) is 6.04 Å². The van der Waals surface area contributed by atoms with E-state index in [4.69, 9.17) is 4.98 Å². The maximum absolute atomic E-state index is 4.72. The zero-order valence-electron chi connectivity index (χ0n) is 11.3. The maximum Gasteiger partial charge on any atom is 0.126 e. The van der Waals surface area contributed by atoms with E-state index in [-0.39, 0.29) is 0 Å². The lowest BCUT2D eigenvalue weighted by Gasteiger charge is -2.24. The highest BCUT2D eigenvalue weighted by Gasteiger charge is 2.18. The minimum Gasteiger partial charge on any atom is -0.369 e. The number of aromatic nitrogens is 1. The molecule has 2 aliphatic rings. The normalized spacial score (nSPS) is 20.9. The summed E-state index contributed by atoms with van der Waals surface area (Å²) in [5.74, 6) is 1.06. The molecule has 3 nitrogen and oxygen atoms in total. The number of anilines is 1. The monoisotopic (exact) mass is 245 g/mol. The van der Waals surface area contributed by atoms with Crippen LogP contribution >= 0.6 is 0 Å². The third-order valence-electron chi connectivity index (χ3n) is 4.27. The van der Waals surface area contributed by atoms with Crippen LogP contribution in [0.4, 0.5) is 5.82 Å². The Kier molecular flexibility index (Phi) is 3.50. The summed E-state index contributed by atoms with van der Waals surface area (Å²) >= 11 is 0. The van der Waals surface area contributed by atoms with Crippen molar-refractivity contribution < 1.29 is 0 Å². The molecule has 1 fully saturated rings. The van der Waals surface area contributed by atoms with Gasteiger partial charge in [0, 0.05) is 18.3 Å². The third-order valence-corrected chi connectivity index (χ3v) is 4.27. The van der Waals surface area contributed by atoms with Gasteiger partial charge in [0.2, 0.25) is 0 Å². The lowest BCUT2D eigenvalue weighted by atomic mass is 10.2. The van der Waals surface area contributed by atoms with Crippen LogP contribution in [0.1, 0.15) is 37.4 Å². The van der Waals surface area contributed by atoms with Crippen molar-refractivity contribution in [3.8, 4) is 0 Å². The molecule has 3 heteroatoms. The van der Waals surface area contributed by atoms with E-state index in [9.17, 15) is 0 Å². The van der Waals surface area contributed by atoms with Crippen molar-refractivity contribution in [1.29, 1.82) is 0 Å². The van der Waals surface area contributed by atoms with Gasteiger partial charge in [-0.2, -0.15) is 0 Å². The summed E-state index contributed by atoms with van der Waals surface area (Å²) in [4.78, 5) is 7.29. The highest BCUT2D eigenvalue weighted by molar-refractivity contribution is 5.40. The molecule has 1 atom stereocenters. The minimum absolute atomic E-state index is 0.613. The Balaban J connectivity index is 1.56. The number of rotatable bonds is 4. The number of hydrogen-bond acceptors (Lipinski definition) is 3. The van der Waals surface area contributed by atoms with Crippen molar-refractivity contribution in [2.24, 2.45) is 0 Å². The molecule has 1 aliphatic heterocycles. The molecule has 0 bridgehead atoms. The van der Waals surface area contributed by atoms with Gasteiger partial charge in [-0.3, -0.25) is 4.90 Å². The van der Waals surface area contributed by atoms with Crippen molar-refractivity contribution in [2.45, 2.75) is 45.1 Å². The van der Waals surface area contributed by atoms with E-state index in [1.807, 2.05) is 0 Å². The van der Waals surface area contributed by atoms with Crippen molar-refractivity contribution in [2.75, 3.05) is 25.0 Å². The number of hydrogen-bond donors (Lipinski definition) is 1. The standard InChI is InChI=1S/C15H23N3/c1-12(18-9-2-3-10-18)11-16-15-8-7-13-5-4-6-14(13)17-15/h7-8,12H,2-6,9-11H2,1H3,(H,16,17). The van der Waals surface area contributed by atoms with Crippen LogP contribution in [0.15, 0.2) is 12.1 Å². The Morgan fingerprint density at radius 1 is 1.22 bits per heavy atom. The summed E-state index contributed by atoms with van der Waals surface area (Å²) in [6.07, 6.45) is 6.37. The van der Waals surface area contributed by atoms with Gasteiger partial charge in [0.25, 0.3) is 0 Å². The molecule has 1 aliphatic carbocycles. The molecular weight excluding hydrogens is 222 g/mol. The maximum atomic E-state index is 4.72. The number of nitrogens with zero attached hydrogens (tertiary/aromatic N) is 2. The van der Waals surface area contributed by atoms with Crippen LogP contribution in [-0.4, -0.2) is 35.6 Å². The molecule has 1 unspecified atom stereocenters. The van der Waals surface area contributed by atoms with Crippen LogP contribution in [0, 0.1) is 0 Å². The molecule has 18 heavy (non-hydrogen) atoms. The number of fused-ring (bicyclic) bond motifs is 1. The van der Waals surface area contributed by atoms with Crippen LogP contribution in [0.2, 0.25) is 0 Å². The summed E-state index contributed by atoms with van der Waals surface area (Å²) in [5, 5.41) is 3.50. The second-order valence-electron chi connectivity index (χ2n) is 5.63. The quantitative estimate of drug-likeness (QED) is 0.883. The fourth-order valence-electron chi connectivity index (χ4n) is 3.08. The summed E-state index contributed by atoms with van der Waals surface area (Å²) in [6, 6.07) is 5.00. The Morgan fingerprint density at radius 2 is 2.06 bits per heavy atom. The van der Waals surface area contributed by atoms with E-state index in [1.165, 1.54) is 50.0 Å². The predicted molar refractivity (Wildman–Crippen MR) is 75.0 cm³/mol. The Bertz CT molecular complexity index is 410. The zero-order valence-corrected chi connectivity index (χ0v) is 11.3. The van der Waals surface area contributed by atoms with Gasteiger partial charge in [0.1, 0.15) is 5.82 Å². The summed E-state index contributed by atoms with van der Waals surface area (Å²) in [5.41, 5.74) is 2.77. The first-order valence-corrected chi connectivity index (χ1v) is 7.29. The summed E-state index contributed by atoms with van der Waals surface area (Å²) in [7, 11) is 0. The van der Waals surface area contributed by atoms with Crippen LogP contribution in [0.25, 0.3) is 0 Å². The van der Waals surface area contributed by atoms with Crippen molar-refractivity contribution in [3.05, 3.63) is 23.4 Å². The van der Waals surface area contributed by atoms with Gasteiger partial charge < -0.3 is 5.32 Å². The van der Waals surface area contributed by atoms with Crippen LogP contribution in [-0.2, 0) is 12.8 Å². The second kappa shape index (κ2) is 5.27. The Labute approximate surface area is 110 Å². The number of aryl methyl sites for hydroxylation is 2. The lowest BCUT2D eigenvalue weighted by molar-refractivity contribution is 0.269. The topological polar surface area (TPSA) is 28.2 Å². The number of nitrogens with one attached hydrogen (secondary N) is 1. The van der Waals surface area contributed by atoms with Gasteiger partial charge in [0.05, 0.1) is 0 Å². The zero-order chi connectivity index (χ0) is 12.4. The lowest BCUT2D eigenvalue weighted by Crippen LogP contribution is -2.35. The van der Waals surface area contributed by atoms with Gasteiger partial charge in [-0.15, -0.1) is 0 Å². The summed E-state index contributed by atoms with van der Waals surface area (Å²) < 4.78 is 0. The molecule has 1 aromatic heterocycles. The van der Waals surface area contributed by atoms with E-state index in [0.717, 1.165) is 18.8 Å². The van der Waals surface area contributed by atoms with Gasteiger partial charge in [0.15, 0.2) is 0 Å². The fraction of sp³-hybridized carbons (Fsp3) is 0.667. The van der Waals surface area contributed by atoms with Gasteiger partial charge in [-0.25, -0.2) is 4.98 Å². The van der Waals surface area contributed by atoms with Gasteiger partial charge in [-0.1, -0.05) is 6.07 Å². The van der Waals surface area contributed by atoms with E-state index in [2.05, 4.69) is 29.3 Å². The Hall–Kier alpha value is -1.09. The smallest absolute Gasteiger partial charge is 0.126 e. The number of pyridine rings is 1. The second-order valence-corrected chi connectivity index (χ2v) is 5.63. The predicted octanol–water partition coefficient (Wildman–Crippen LogP) is 2.47. The van der Waals surface area contributed by atoms with Crippen LogP contribution in [0.5, 0.6) is 0 Å². The van der Waals surface area contributed by atoms with Crippen molar-refractivity contribution in [3.63, 3.8) is 0 Å². The van der Waals surface area contributed by atoms with Gasteiger partial charge >= 0.3 is 0 Å². The van der Waals surface area contributed by atoms with Crippen molar-refractivity contribution in [1.82, 2.24) is 9.88 Å². The first-order valence-electron chi connectivity index (χ1n) is 7.29. The van der Waals surface area contributed by atoms with Crippen LogP contribution < -0.4 is 5.32 Å². The van der Waals surface area contributed by atoms with Gasteiger partial charge in [-0.05, 0) is 63.7 Å². The molecule has 0 amide bonds. The molecule has 3 rings (SSSR count). The van der Waals surface area contributed by atoms with E-state index < -0.39 is 0 Å². The summed E-state index contributed by atoms with van der Waals surface area (Å²) in [6.45, 7) is 5.85. The molecule has 0 saturated carbocycles. The highest BCUT2D eigenvalue weighted by Crippen LogP contribution is 2.21. The molecule has 0 aromatic carbocycles.